The van der Waals surface area contributed by atoms with Gasteiger partial charge < -0.3 is 4.42 Å². The van der Waals surface area contributed by atoms with E-state index in [0.29, 0.717) is 11.4 Å². The zero-order valence-electron chi connectivity index (χ0n) is 11.6. The topological polar surface area (TPSA) is 50.5 Å². The van der Waals surface area contributed by atoms with Crippen molar-refractivity contribution in [2.75, 3.05) is 11.4 Å². The lowest BCUT2D eigenvalue weighted by molar-refractivity contribution is 0.498. The van der Waals surface area contributed by atoms with Crippen LogP contribution in [0.1, 0.15) is 18.2 Å². The Labute approximate surface area is 137 Å². The Morgan fingerprint density at radius 1 is 1.29 bits per heavy atom. The van der Waals surface area contributed by atoms with E-state index in [1.54, 1.807) is 12.1 Å². The van der Waals surface area contributed by atoms with Crippen LogP contribution in [0.3, 0.4) is 0 Å². The molecule has 4 nitrogen and oxygen atoms in total. The molecule has 2 rings (SSSR count). The number of aryl methyl sites for hydroxylation is 1. The highest BCUT2D eigenvalue weighted by Gasteiger charge is 2.27. The molecule has 21 heavy (non-hydrogen) atoms. The molecule has 1 aromatic carbocycles. The summed E-state index contributed by atoms with van der Waals surface area (Å²) in [4.78, 5) is 0.0696. The number of halogens is 2. The van der Waals surface area contributed by atoms with E-state index in [1.807, 2.05) is 19.1 Å². The first kappa shape index (κ1) is 16.4. The lowest BCUT2D eigenvalue weighted by atomic mass is 10.1. The van der Waals surface area contributed by atoms with E-state index in [0.717, 1.165) is 12.0 Å². The van der Waals surface area contributed by atoms with Crippen LogP contribution < -0.4 is 4.31 Å². The number of alkyl halides is 1. The van der Waals surface area contributed by atoms with Crippen molar-refractivity contribution in [3.63, 3.8) is 0 Å². The quantitative estimate of drug-likeness (QED) is 0.718. The average Bonchev–Trinajstić information content (AvgIpc) is 2.88. The first-order chi connectivity index (χ1) is 9.90. The summed E-state index contributed by atoms with van der Waals surface area (Å²) in [6.45, 7) is 2.05. The van der Waals surface area contributed by atoms with Gasteiger partial charge in [0.05, 0.1) is 11.6 Å². The van der Waals surface area contributed by atoms with Gasteiger partial charge in [-0.15, -0.1) is 11.6 Å². The maximum absolute atomic E-state index is 12.6. The fourth-order valence-corrected chi connectivity index (χ4v) is 4.15. The van der Waals surface area contributed by atoms with Crippen molar-refractivity contribution in [3.8, 4) is 0 Å². The molecule has 0 atom stereocenters. The van der Waals surface area contributed by atoms with E-state index in [4.69, 9.17) is 16.0 Å². The Bertz CT molecular complexity index is 725. The van der Waals surface area contributed by atoms with Crippen LogP contribution in [-0.4, -0.2) is 15.5 Å². The third-order valence-corrected chi connectivity index (χ3v) is 6.09. The van der Waals surface area contributed by atoms with Gasteiger partial charge in [-0.3, -0.25) is 4.31 Å². The molecule has 2 aromatic rings. The van der Waals surface area contributed by atoms with Gasteiger partial charge in [-0.1, -0.05) is 19.1 Å². The van der Waals surface area contributed by atoms with E-state index in [2.05, 4.69) is 15.9 Å². The smallest absolute Gasteiger partial charge is 0.268 e. The number of anilines is 1. The highest BCUT2D eigenvalue weighted by atomic mass is 79.9. The van der Waals surface area contributed by atoms with Crippen LogP contribution in [0.5, 0.6) is 0 Å². The second-order valence-electron chi connectivity index (χ2n) is 4.48. The number of nitrogens with zero attached hydrogens (tertiary/aromatic N) is 1. The van der Waals surface area contributed by atoms with E-state index in [1.165, 1.54) is 17.4 Å². The van der Waals surface area contributed by atoms with Gasteiger partial charge >= 0.3 is 0 Å². The number of furan rings is 1. The van der Waals surface area contributed by atoms with Crippen LogP contribution in [0, 0.1) is 0 Å². The van der Waals surface area contributed by atoms with Crippen molar-refractivity contribution in [2.45, 2.75) is 24.1 Å². The minimum Gasteiger partial charge on any atom is -0.452 e. The highest BCUT2D eigenvalue weighted by molar-refractivity contribution is 9.10. The molecular weight excluding hydrogens is 378 g/mol. The lowest BCUT2D eigenvalue weighted by Gasteiger charge is -2.19. The molecule has 0 spiro atoms. The second kappa shape index (κ2) is 6.42. The van der Waals surface area contributed by atoms with Crippen molar-refractivity contribution >= 4 is 43.2 Å². The Morgan fingerprint density at radius 3 is 2.38 bits per heavy atom. The number of hydrogen-bond donors (Lipinski definition) is 0. The van der Waals surface area contributed by atoms with E-state index < -0.39 is 10.0 Å². The molecule has 0 saturated carbocycles. The lowest BCUT2D eigenvalue weighted by Crippen LogP contribution is -2.26. The zero-order valence-corrected chi connectivity index (χ0v) is 14.8. The summed E-state index contributed by atoms with van der Waals surface area (Å²) in [5.74, 6) is 0.514. The standard InChI is InChI=1S/C14H15BrClNO3S/c1-3-10-4-6-11(7-5-10)17(2)21(18,19)13-8-12(9-16)20-14(13)15/h4-8H,3,9H2,1-2H3. The van der Waals surface area contributed by atoms with Crippen LogP contribution in [0.15, 0.2) is 44.3 Å². The highest BCUT2D eigenvalue weighted by Crippen LogP contribution is 2.31. The van der Waals surface area contributed by atoms with Gasteiger partial charge in [0, 0.05) is 13.1 Å². The van der Waals surface area contributed by atoms with Crippen molar-refractivity contribution in [1.82, 2.24) is 0 Å². The van der Waals surface area contributed by atoms with Gasteiger partial charge in [-0.05, 0) is 40.0 Å². The minimum absolute atomic E-state index is 0.0696. The molecule has 0 aliphatic heterocycles. The first-order valence-corrected chi connectivity index (χ1v) is 9.09. The summed E-state index contributed by atoms with van der Waals surface area (Å²) in [7, 11) is -2.19. The summed E-state index contributed by atoms with van der Waals surface area (Å²) >= 11 is 8.80. The molecule has 0 unspecified atom stereocenters. The molecule has 1 aromatic heterocycles. The Balaban J connectivity index is 2.39. The van der Waals surface area contributed by atoms with E-state index >= 15 is 0 Å². The predicted molar refractivity (Wildman–Crippen MR) is 87.4 cm³/mol. The normalized spacial score (nSPS) is 11.6. The Kier molecular flexibility index (Phi) is 5.01. The molecule has 0 N–H and O–H groups in total. The minimum atomic E-state index is -3.70. The molecule has 0 aliphatic carbocycles. The predicted octanol–water partition coefficient (Wildman–Crippen LogP) is 4.17. The zero-order chi connectivity index (χ0) is 15.6. The molecule has 0 saturated heterocycles. The number of rotatable bonds is 5. The summed E-state index contributed by atoms with van der Waals surface area (Å²) < 4.78 is 31.9. The van der Waals surface area contributed by atoms with Gasteiger partial charge in [-0.2, -0.15) is 0 Å². The van der Waals surface area contributed by atoms with Crippen LogP contribution in [-0.2, 0) is 22.3 Å². The fourth-order valence-electron chi connectivity index (χ4n) is 1.87. The van der Waals surface area contributed by atoms with Gasteiger partial charge in [-0.25, -0.2) is 8.42 Å². The van der Waals surface area contributed by atoms with Gasteiger partial charge in [0.1, 0.15) is 10.7 Å². The van der Waals surface area contributed by atoms with E-state index in [9.17, 15) is 8.42 Å². The van der Waals surface area contributed by atoms with Gasteiger partial charge in [0.25, 0.3) is 10.0 Å². The molecular formula is C14H15BrClNO3S. The van der Waals surface area contributed by atoms with Crippen molar-refractivity contribution in [3.05, 3.63) is 46.3 Å². The molecule has 114 valence electrons. The van der Waals surface area contributed by atoms with Gasteiger partial charge in [0.15, 0.2) is 4.67 Å². The average molecular weight is 393 g/mol. The largest absolute Gasteiger partial charge is 0.452 e. The summed E-state index contributed by atoms with van der Waals surface area (Å²) in [6, 6.07) is 8.83. The molecule has 0 radical (unpaired) electrons. The molecule has 0 bridgehead atoms. The van der Waals surface area contributed by atoms with Crippen LogP contribution in [0.4, 0.5) is 5.69 Å². The summed E-state index contributed by atoms with van der Waals surface area (Å²) in [6.07, 6.45) is 0.906. The number of benzene rings is 1. The monoisotopic (exact) mass is 391 g/mol. The molecule has 0 amide bonds. The SMILES string of the molecule is CCc1ccc(N(C)S(=O)(=O)c2cc(CCl)oc2Br)cc1. The Hall–Kier alpha value is -0.980. The van der Waals surface area contributed by atoms with Crippen LogP contribution in [0.2, 0.25) is 0 Å². The number of hydrogen-bond acceptors (Lipinski definition) is 3. The summed E-state index contributed by atoms with van der Waals surface area (Å²) in [5.41, 5.74) is 1.74. The Morgan fingerprint density at radius 2 is 1.90 bits per heavy atom. The van der Waals surface area contributed by atoms with Crippen molar-refractivity contribution < 1.29 is 12.8 Å². The van der Waals surface area contributed by atoms with Crippen LogP contribution >= 0.6 is 27.5 Å². The molecule has 7 heteroatoms. The second-order valence-corrected chi connectivity index (χ2v) is 7.40. The maximum Gasteiger partial charge on any atom is 0.268 e. The van der Waals surface area contributed by atoms with Gasteiger partial charge in [0.2, 0.25) is 0 Å². The first-order valence-electron chi connectivity index (χ1n) is 6.32. The number of sulfonamides is 1. The maximum atomic E-state index is 12.6. The van der Waals surface area contributed by atoms with Crippen molar-refractivity contribution in [2.24, 2.45) is 0 Å². The molecule has 0 aliphatic rings. The van der Waals surface area contributed by atoms with E-state index in [-0.39, 0.29) is 15.4 Å². The third kappa shape index (κ3) is 3.27. The van der Waals surface area contributed by atoms with Crippen LogP contribution in [0.25, 0.3) is 0 Å². The molecule has 1 heterocycles. The van der Waals surface area contributed by atoms with Crippen molar-refractivity contribution in [1.29, 1.82) is 0 Å². The summed E-state index contributed by atoms with van der Waals surface area (Å²) in [5, 5.41) is 0. The molecule has 0 fully saturated rings. The third-order valence-electron chi connectivity index (χ3n) is 3.18. The fraction of sp³-hybridized carbons (Fsp3) is 0.286.